The average molecular weight is 275 g/mol. The SMILES string of the molecule is CNC(C)Cc1noc(-c2ccc(NC(N)=O)cc2)n1. The van der Waals surface area contributed by atoms with Crippen LogP contribution in [0, 0.1) is 0 Å². The van der Waals surface area contributed by atoms with E-state index in [-0.39, 0.29) is 6.04 Å². The first-order valence-corrected chi connectivity index (χ1v) is 6.25. The minimum absolute atomic E-state index is 0.280. The molecular weight excluding hydrogens is 258 g/mol. The predicted molar refractivity (Wildman–Crippen MR) is 75.2 cm³/mol. The Morgan fingerprint density at radius 2 is 2.10 bits per heavy atom. The molecule has 0 aliphatic heterocycles. The van der Waals surface area contributed by atoms with Crippen LogP contribution in [0.1, 0.15) is 12.7 Å². The van der Waals surface area contributed by atoms with E-state index in [4.69, 9.17) is 10.3 Å². The lowest BCUT2D eigenvalue weighted by Gasteiger charge is -2.04. The fourth-order valence-electron chi connectivity index (χ4n) is 1.67. The first kappa shape index (κ1) is 14.0. The van der Waals surface area contributed by atoms with Gasteiger partial charge in [0.1, 0.15) is 0 Å². The summed E-state index contributed by atoms with van der Waals surface area (Å²) in [5.74, 6) is 1.11. The minimum Gasteiger partial charge on any atom is -0.351 e. The third-order valence-corrected chi connectivity index (χ3v) is 2.85. The van der Waals surface area contributed by atoms with Crippen LogP contribution < -0.4 is 16.4 Å². The van der Waals surface area contributed by atoms with Crippen LogP contribution in [0.5, 0.6) is 0 Å². The molecule has 0 aliphatic carbocycles. The molecule has 0 aliphatic rings. The van der Waals surface area contributed by atoms with Gasteiger partial charge >= 0.3 is 6.03 Å². The maximum absolute atomic E-state index is 10.7. The molecule has 0 bridgehead atoms. The van der Waals surface area contributed by atoms with E-state index in [0.717, 1.165) is 5.56 Å². The van der Waals surface area contributed by atoms with Gasteiger partial charge in [0.25, 0.3) is 5.89 Å². The van der Waals surface area contributed by atoms with Crippen molar-refractivity contribution < 1.29 is 9.32 Å². The smallest absolute Gasteiger partial charge is 0.316 e. The highest BCUT2D eigenvalue weighted by atomic mass is 16.5. The van der Waals surface area contributed by atoms with Gasteiger partial charge in [-0.3, -0.25) is 0 Å². The number of carbonyl (C=O) groups excluding carboxylic acids is 1. The van der Waals surface area contributed by atoms with Gasteiger partial charge in [-0.25, -0.2) is 4.79 Å². The molecule has 4 N–H and O–H groups in total. The van der Waals surface area contributed by atoms with Gasteiger partial charge < -0.3 is 20.9 Å². The maximum atomic E-state index is 10.7. The van der Waals surface area contributed by atoms with Crippen molar-refractivity contribution in [2.75, 3.05) is 12.4 Å². The Morgan fingerprint density at radius 1 is 1.40 bits per heavy atom. The van der Waals surface area contributed by atoms with Gasteiger partial charge in [-0.15, -0.1) is 0 Å². The van der Waals surface area contributed by atoms with Gasteiger partial charge in [-0.1, -0.05) is 5.16 Å². The molecule has 0 radical (unpaired) electrons. The van der Waals surface area contributed by atoms with Crippen LogP contribution in [0.4, 0.5) is 10.5 Å². The molecule has 1 heterocycles. The van der Waals surface area contributed by atoms with Gasteiger partial charge in [0.15, 0.2) is 5.82 Å². The summed E-state index contributed by atoms with van der Waals surface area (Å²) in [4.78, 5) is 15.1. The minimum atomic E-state index is -0.598. The lowest BCUT2D eigenvalue weighted by molar-refractivity contribution is 0.259. The molecule has 0 fully saturated rings. The molecule has 1 atom stereocenters. The van der Waals surface area contributed by atoms with Gasteiger partial charge in [0.2, 0.25) is 0 Å². The van der Waals surface area contributed by atoms with Crippen LogP contribution in [-0.4, -0.2) is 29.3 Å². The third-order valence-electron chi connectivity index (χ3n) is 2.85. The number of hydrogen-bond acceptors (Lipinski definition) is 5. The highest BCUT2D eigenvalue weighted by Crippen LogP contribution is 2.19. The van der Waals surface area contributed by atoms with E-state index in [1.807, 2.05) is 14.0 Å². The van der Waals surface area contributed by atoms with Gasteiger partial charge in [-0.05, 0) is 38.2 Å². The number of benzene rings is 1. The molecular formula is C13H17N5O2. The molecule has 2 rings (SSSR count). The monoisotopic (exact) mass is 275 g/mol. The summed E-state index contributed by atoms with van der Waals surface area (Å²) >= 11 is 0. The van der Waals surface area contributed by atoms with Crippen LogP contribution in [-0.2, 0) is 6.42 Å². The maximum Gasteiger partial charge on any atom is 0.316 e. The Hall–Kier alpha value is -2.41. The van der Waals surface area contributed by atoms with Crippen molar-refractivity contribution in [2.45, 2.75) is 19.4 Å². The summed E-state index contributed by atoms with van der Waals surface area (Å²) in [6.07, 6.45) is 0.696. The number of amides is 2. The van der Waals surface area contributed by atoms with Crippen LogP contribution in [0.15, 0.2) is 28.8 Å². The molecule has 0 saturated heterocycles. The normalized spacial score (nSPS) is 12.1. The van der Waals surface area contributed by atoms with E-state index in [2.05, 4.69) is 20.8 Å². The Labute approximate surface area is 116 Å². The van der Waals surface area contributed by atoms with E-state index >= 15 is 0 Å². The highest BCUT2D eigenvalue weighted by molar-refractivity contribution is 5.88. The van der Waals surface area contributed by atoms with E-state index in [0.29, 0.717) is 23.8 Å². The highest BCUT2D eigenvalue weighted by Gasteiger charge is 2.11. The first-order chi connectivity index (χ1) is 9.58. The van der Waals surface area contributed by atoms with Crippen LogP contribution in [0.25, 0.3) is 11.5 Å². The third kappa shape index (κ3) is 3.55. The summed E-state index contributed by atoms with van der Waals surface area (Å²) in [5, 5.41) is 9.54. The second-order valence-corrected chi connectivity index (χ2v) is 4.48. The topological polar surface area (TPSA) is 106 Å². The molecule has 0 saturated carbocycles. The average Bonchev–Trinajstić information content (AvgIpc) is 2.87. The largest absolute Gasteiger partial charge is 0.351 e. The van der Waals surface area contributed by atoms with E-state index in [9.17, 15) is 4.79 Å². The van der Waals surface area contributed by atoms with E-state index < -0.39 is 6.03 Å². The summed E-state index contributed by atoms with van der Waals surface area (Å²) in [7, 11) is 1.89. The lowest BCUT2D eigenvalue weighted by Crippen LogP contribution is -2.24. The number of aromatic nitrogens is 2. The molecule has 1 aromatic carbocycles. The molecule has 7 nitrogen and oxygen atoms in total. The fourth-order valence-corrected chi connectivity index (χ4v) is 1.67. The molecule has 7 heteroatoms. The number of hydrogen-bond donors (Lipinski definition) is 3. The van der Waals surface area contributed by atoms with Crippen molar-refractivity contribution in [3.63, 3.8) is 0 Å². The number of nitrogens with zero attached hydrogens (tertiary/aromatic N) is 2. The number of primary amides is 1. The zero-order valence-electron chi connectivity index (χ0n) is 11.4. The van der Waals surface area contributed by atoms with Crippen LogP contribution >= 0.6 is 0 Å². The van der Waals surface area contributed by atoms with E-state index in [1.54, 1.807) is 24.3 Å². The van der Waals surface area contributed by atoms with Gasteiger partial charge in [0, 0.05) is 23.7 Å². The number of nitrogens with two attached hydrogens (primary N) is 1. The zero-order valence-corrected chi connectivity index (χ0v) is 11.4. The quantitative estimate of drug-likeness (QED) is 0.764. The van der Waals surface area contributed by atoms with Crippen molar-refractivity contribution in [1.82, 2.24) is 15.5 Å². The summed E-state index contributed by atoms with van der Waals surface area (Å²) < 4.78 is 5.22. The molecule has 20 heavy (non-hydrogen) atoms. The molecule has 1 aromatic heterocycles. The standard InChI is InChI=1S/C13H17N5O2/c1-8(15-2)7-11-17-12(20-18-11)9-3-5-10(6-4-9)16-13(14)19/h3-6,8,15H,7H2,1-2H3,(H3,14,16,19). The number of likely N-dealkylation sites (N-methyl/N-ethyl adjacent to an activating group) is 1. The van der Waals surface area contributed by atoms with E-state index in [1.165, 1.54) is 0 Å². The second-order valence-electron chi connectivity index (χ2n) is 4.48. The second kappa shape index (κ2) is 6.16. The van der Waals surface area contributed by atoms with Crippen molar-refractivity contribution in [2.24, 2.45) is 5.73 Å². The molecule has 106 valence electrons. The molecule has 2 amide bonds. The molecule has 0 spiro atoms. The molecule has 2 aromatic rings. The summed E-state index contributed by atoms with van der Waals surface area (Å²) in [6, 6.07) is 6.69. The first-order valence-electron chi connectivity index (χ1n) is 6.25. The van der Waals surface area contributed by atoms with Gasteiger partial charge in [-0.2, -0.15) is 4.98 Å². The zero-order chi connectivity index (χ0) is 14.5. The predicted octanol–water partition coefficient (Wildman–Crippen LogP) is 1.38. The number of rotatable bonds is 5. The Kier molecular flexibility index (Phi) is 4.31. The number of nitrogens with one attached hydrogen (secondary N) is 2. The Morgan fingerprint density at radius 3 is 2.70 bits per heavy atom. The van der Waals surface area contributed by atoms with Crippen molar-refractivity contribution in [3.05, 3.63) is 30.1 Å². The lowest BCUT2D eigenvalue weighted by atomic mass is 10.2. The van der Waals surface area contributed by atoms with Crippen molar-refractivity contribution in [1.29, 1.82) is 0 Å². The van der Waals surface area contributed by atoms with Crippen LogP contribution in [0.2, 0.25) is 0 Å². The number of carbonyl (C=O) groups is 1. The van der Waals surface area contributed by atoms with Crippen molar-refractivity contribution >= 4 is 11.7 Å². The Balaban J connectivity index is 2.09. The number of urea groups is 1. The Bertz CT molecular complexity index is 579. The van der Waals surface area contributed by atoms with Gasteiger partial charge in [0.05, 0.1) is 0 Å². The number of anilines is 1. The van der Waals surface area contributed by atoms with Crippen LogP contribution in [0.3, 0.4) is 0 Å². The summed E-state index contributed by atoms with van der Waals surface area (Å²) in [5.41, 5.74) is 6.44. The van der Waals surface area contributed by atoms with Crippen molar-refractivity contribution in [3.8, 4) is 11.5 Å². The molecule has 1 unspecified atom stereocenters. The fraction of sp³-hybridized carbons (Fsp3) is 0.308. The summed E-state index contributed by atoms with van der Waals surface area (Å²) in [6.45, 7) is 2.04.